The second-order valence-corrected chi connectivity index (χ2v) is 5.86. The van der Waals surface area contributed by atoms with Gasteiger partial charge in [-0.25, -0.2) is 0 Å². The smallest absolute Gasteiger partial charge is 0.123 e. The molecule has 1 aliphatic heterocycles. The predicted octanol–water partition coefficient (Wildman–Crippen LogP) is 2.74. The molecule has 19 heavy (non-hydrogen) atoms. The summed E-state index contributed by atoms with van der Waals surface area (Å²) in [5.41, 5.74) is 8.76. The molecule has 3 nitrogen and oxygen atoms in total. The zero-order valence-electron chi connectivity index (χ0n) is 12.4. The number of hydrogen-bond donors (Lipinski definition) is 1. The van der Waals surface area contributed by atoms with E-state index in [2.05, 4.69) is 30.9 Å². The average Bonchev–Trinajstić information content (AvgIpc) is 2.38. The second-order valence-electron chi connectivity index (χ2n) is 5.86. The summed E-state index contributed by atoms with van der Waals surface area (Å²) in [7, 11) is 1.71. The quantitative estimate of drug-likeness (QED) is 0.906. The molecule has 0 amide bonds. The number of piperidine rings is 1. The lowest BCUT2D eigenvalue weighted by molar-refractivity contribution is 0.174. The molecule has 2 N–H and O–H groups in total. The number of likely N-dealkylation sites (tertiary alicyclic amines) is 1. The highest BCUT2D eigenvalue weighted by Gasteiger charge is 2.20. The van der Waals surface area contributed by atoms with Crippen molar-refractivity contribution in [2.75, 3.05) is 26.7 Å². The Morgan fingerprint density at radius 3 is 2.95 bits per heavy atom. The number of benzene rings is 1. The van der Waals surface area contributed by atoms with E-state index >= 15 is 0 Å². The monoisotopic (exact) mass is 262 g/mol. The summed E-state index contributed by atoms with van der Waals surface area (Å²) in [5.74, 6) is 1.70. The van der Waals surface area contributed by atoms with E-state index in [-0.39, 0.29) is 6.04 Å². The first-order valence-electron chi connectivity index (χ1n) is 7.22. The largest absolute Gasteiger partial charge is 0.496 e. The zero-order valence-corrected chi connectivity index (χ0v) is 12.4. The molecule has 1 aliphatic rings. The molecule has 0 radical (unpaired) electrons. The summed E-state index contributed by atoms with van der Waals surface area (Å²) in [6, 6.07) is 6.26. The molecule has 1 saturated heterocycles. The number of nitrogens with two attached hydrogens (primary N) is 1. The highest BCUT2D eigenvalue weighted by Crippen LogP contribution is 2.26. The van der Waals surface area contributed by atoms with E-state index in [1.165, 1.54) is 31.5 Å². The third kappa shape index (κ3) is 3.71. The van der Waals surface area contributed by atoms with Gasteiger partial charge >= 0.3 is 0 Å². The van der Waals surface area contributed by atoms with Gasteiger partial charge in [-0.2, -0.15) is 0 Å². The summed E-state index contributed by atoms with van der Waals surface area (Å²) < 4.78 is 5.43. The Bertz CT molecular complexity index is 419. The fourth-order valence-corrected chi connectivity index (χ4v) is 2.97. The maximum absolute atomic E-state index is 6.39. The molecule has 106 valence electrons. The fourth-order valence-electron chi connectivity index (χ4n) is 2.97. The standard InChI is InChI=1S/C16H26N2O/c1-12-6-7-16(19-3)14(9-12)15(17)11-18-8-4-5-13(2)10-18/h6-7,9,13,15H,4-5,8,10-11,17H2,1-3H3. The van der Waals surface area contributed by atoms with Crippen LogP contribution in [0, 0.1) is 12.8 Å². The van der Waals surface area contributed by atoms with Gasteiger partial charge < -0.3 is 15.4 Å². The lowest BCUT2D eigenvalue weighted by atomic mass is 9.98. The van der Waals surface area contributed by atoms with Crippen molar-refractivity contribution in [2.45, 2.75) is 32.7 Å². The minimum absolute atomic E-state index is 0.0279. The summed E-state index contributed by atoms with van der Waals surface area (Å²) in [6.45, 7) is 7.68. The van der Waals surface area contributed by atoms with Crippen LogP contribution in [0.2, 0.25) is 0 Å². The van der Waals surface area contributed by atoms with Crippen LogP contribution < -0.4 is 10.5 Å². The fraction of sp³-hybridized carbons (Fsp3) is 0.625. The third-order valence-corrected chi connectivity index (χ3v) is 3.98. The maximum atomic E-state index is 6.39. The van der Waals surface area contributed by atoms with E-state index in [9.17, 15) is 0 Å². The molecular weight excluding hydrogens is 236 g/mol. The molecule has 0 spiro atoms. The van der Waals surface area contributed by atoms with Crippen LogP contribution in [0.15, 0.2) is 18.2 Å². The van der Waals surface area contributed by atoms with Gasteiger partial charge in [-0.15, -0.1) is 0 Å². The SMILES string of the molecule is COc1ccc(C)cc1C(N)CN1CCCC(C)C1. The summed E-state index contributed by atoms with van der Waals surface area (Å²) >= 11 is 0. The molecule has 1 aromatic rings. The van der Waals surface area contributed by atoms with Crippen LogP contribution in [0.1, 0.15) is 36.9 Å². The van der Waals surface area contributed by atoms with Crippen LogP contribution in [0.3, 0.4) is 0 Å². The summed E-state index contributed by atoms with van der Waals surface area (Å²) in [4.78, 5) is 2.49. The molecule has 3 heteroatoms. The highest BCUT2D eigenvalue weighted by atomic mass is 16.5. The van der Waals surface area contributed by atoms with E-state index in [1.54, 1.807) is 7.11 Å². The zero-order chi connectivity index (χ0) is 13.8. The van der Waals surface area contributed by atoms with Gasteiger partial charge in [0.25, 0.3) is 0 Å². The van der Waals surface area contributed by atoms with Gasteiger partial charge in [0.15, 0.2) is 0 Å². The van der Waals surface area contributed by atoms with E-state index in [0.717, 1.165) is 23.8 Å². The van der Waals surface area contributed by atoms with Gasteiger partial charge in [0.05, 0.1) is 7.11 Å². The van der Waals surface area contributed by atoms with Crippen molar-refractivity contribution in [3.8, 4) is 5.75 Å². The minimum Gasteiger partial charge on any atom is -0.496 e. The predicted molar refractivity (Wildman–Crippen MR) is 79.5 cm³/mol. The van der Waals surface area contributed by atoms with Crippen LogP contribution in [0.25, 0.3) is 0 Å². The Labute approximate surface area is 116 Å². The van der Waals surface area contributed by atoms with Crippen molar-refractivity contribution in [1.82, 2.24) is 4.90 Å². The van der Waals surface area contributed by atoms with Crippen LogP contribution in [-0.2, 0) is 0 Å². The molecule has 2 atom stereocenters. The Morgan fingerprint density at radius 2 is 2.26 bits per heavy atom. The van der Waals surface area contributed by atoms with Crippen molar-refractivity contribution in [3.63, 3.8) is 0 Å². The number of methoxy groups -OCH3 is 1. The molecule has 0 aromatic heterocycles. The lowest BCUT2D eigenvalue weighted by Crippen LogP contribution is -2.39. The third-order valence-electron chi connectivity index (χ3n) is 3.98. The molecule has 0 saturated carbocycles. The molecule has 0 bridgehead atoms. The van der Waals surface area contributed by atoms with Crippen LogP contribution in [0.5, 0.6) is 5.75 Å². The van der Waals surface area contributed by atoms with Gasteiger partial charge in [0, 0.05) is 24.7 Å². The Balaban J connectivity index is 2.06. The van der Waals surface area contributed by atoms with Crippen LogP contribution in [-0.4, -0.2) is 31.6 Å². The Morgan fingerprint density at radius 1 is 1.47 bits per heavy atom. The van der Waals surface area contributed by atoms with E-state index < -0.39 is 0 Å². The van der Waals surface area contributed by atoms with Gasteiger partial charge in [0.1, 0.15) is 5.75 Å². The van der Waals surface area contributed by atoms with Crippen molar-refractivity contribution in [2.24, 2.45) is 11.7 Å². The molecule has 0 aliphatic carbocycles. The highest BCUT2D eigenvalue weighted by molar-refractivity contribution is 5.39. The summed E-state index contributed by atoms with van der Waals surface area (Å²) in [5, 5.41) is 0. The Hall–Kier alpha value is -1.06. The molecule has 1 aromatic carbocycles. The molecule has 1 heterocycles. The number of hydrogen-bond acceptors (Lipinski definition) is 3. The topological polar surface area (TPSA) is 38.5 Å². The van der Waals surface area contributed by atoms with Crippen molar-refractivity contribution < 1.29 is 4.74 Å². The first-order chi connectivity index (χ1) is 9.10. The number of aryl methyl sites for hydroxylation is 1. The van der Waals surface area contributed by atoms with E-state index in [1.807, 2.05) is 6.07 Å². The number of ether oxygens (including phenoxy) is 1. The lowest BCUT2D eigenvalue weighted by Gasteiger charge is -2.33. The van der Waals surface area contributed by atoms with Crippen molar-refractivity contribution in [3.05, 3.63) is 29.3 Å². The molecule has 2 rings (SSSR count). The first kappa shape index (κ1) is 14.4. The van der Waals surface area contributed by atoms with Crippen molar-refractivity contribution in [1.29, 1.82) is 0 Å². The average molecular weight is 262 g/mol. The molecule has 1 fully saturated rings. The second kappa shape index (κ2) is 6.40. The normalized spacial score (nSPS) is 22.2. The minimum atomic E-state index is 0.0279. The first-order valence-corrected chi connectivity index (χ1v) is 7.22. The summed E-state index contributed by atoms with van der Waals surface area (Å²) in [6.07, 6.45) is 2.64. The maximum Gasteiger partial charge on any atom is 0.123 e. The van der Waals surface area contributed by atoms with E-state index in [4.69, 9.17) is 10.5 Å². The van der Waals surface area contributed by atoms with Crippen LogP contribution >= 0.6 is 0 Å². The number of nitrogens with zero attached hydrogens (tertiary/aromatic N) is 1. The van der Waals surface area contributed by atoms with Crippen LogP contribution in [0.4, 0.5) is 0 Å². The molecular formula is C16H26N2O. The Kier molecular flexibility index (Phi) is 4.83. The van der Waals surface area contributed by atoms with E-state index in [0.29, 0.717) is 0 Å². The van der Waals surface area contributed by atoms with Gasteiger partial charge in [-0.3, -0.25) is 0 Å². The van der Waals surface area contributed by atoms with Crippen molar-refractivity contribution >= 4 is 0 Å². The molecule has 2 unspecified atom stereocenters. The van der Waals surface area contributed by atoms with Gasteiger partial charge in [-0.1, -0.05) is 24.6 Å². The van der Waals surface area contributed by atoms with Gasteiger partial charge in [-0.05, 0) is 38.3 Å². The number of rotatable bonds is 4. The van der Waals surface area contributed by atoms with Gasteiger partial charge in [0.2, 0.25) is 0 Å².